The number of hydrogen-bond donors (Lipinski definition) is 1. The van der Waals surface area contributed by atoms with Gasteiger partial charge in [-0.15, -0.1) is 0 Å². The summed E-state index contributed by atoms with van der Waals surface area (Å²) in [5, 5.41) is 3.66. The minimum atomic E-state index is -0.0112. The monoisotopic (exact) mass is 295 g/mol. The van der Waals surface area contributed by atoms with E-state index in [1.54, 1.807) is 0 Å². The SMILES string of the molecule is CCN1CC[C@@H](N(C)C(=O)NCc2ccc(Cl)cc2)C1. The summed E-state index contributed by atoms with van der Waals surface area (Å²) in [6.45, 7) is 5.79. The topological polar surface area (TPSA) is 35.6 Å². The van der Waals surface area contributed by atoms with E-state index in [1.807, 2.05) is 36.2 Å². The number of urea groups is 1. The lowest BCUT2D eigenvalue weighted by molar-refractivity contribution is 0.189. The molecule has 0 unspecified atom stereocenters. The Labute approximate surface area is 125 Å². The molecular weight excluding hydrogens is 274 g/mol. The number of amides is 2. The van der Waals surface area contributed by atoms with Crippen LogP contribution in [0.2, 0.25) is 5.02 Å². The second-order valence-electron chi connectivity index (χ2n) is 5.23. The van der Waals surface area contributed by atoms with Crippen molar-refractivity contribution in [3.05, 3.63) is 34.9 Å². The van der Waals surface area contributed by atoms with E-state index < -0.39 is 0 Å². The van der Waals surface area contributed by atoms with Crippen molar-refractivity contribution >= 4 is 17.6 Å². The number of carbonyl (C=O) groups is 1. The van der Waals surface area contributed by atoms with Gasteiger partial charge in [0.25, 0.3) is 0 Å². The molecule has 1 saturated heterocycles. The molecular formula is C15H22ClN3O. The summed E-state index contributed by atoms with van der Waals surface area (Å²) in [5.41, 5.74) is 1.05. The van der Waals surface area contributed by atoms with Crippen molar-refractivity contribution in [3.8, 4) is 0 Å². The Morgan fingerprint density at radius 3 is 2.75 bits per heavy atom. The summed E-state index contributed by atoms with van der Waals surface area (Å²) in [5.74, 6) is 0. The molecule has 0 bridgehead atoms. The van der Waals surface area contributed by atoms with E-state index in [4.69, 9.17) is 11.6 Å². The lowest BCUT2D eigenvalue weighted by atomic mass is 10.2. The normalized spacial score (nSPS) is 19.1. The van der Waals surface area contributed by atoms with Gasteiger partial charge in [0.15, 0.2) is 0 Å². The summed E-state index contributed by atoms with van der Waals surface area (Å²) in [7, 11) is 1.88. The maximum Gasteiger partial charge on any atom is 0.317 e. The van der Waals surface area contributed by atoms with Crippen molar-refractivity contribution in [2.45, 2.75) is 25.9 Å². The number of likely N-dealkylation sites (N-methyl/N-ethyl adjacent to an activating group) is 2. The second-order valence-corrected chi connectivity index (χ2v) is 5.67. The highest BCUT2D eigenvalue weighted by Gasteiger charge is 2.27. The predicted octanol–water partition coefficient (Wildman–Crippen LogP) is 2.58. The quantitative estimate of drug-likeness (QED) is 0.927. The highest BCUT2D eigenvalue weighted by molar-refractivity contribution is 6.30. The zero-order chi connectivity index (χ0) is 14.5. The molecule has 20 heavy (non-hydrogen) atoms. The van der Waals surface area contributed by atoms with Gasteiger partial charge in [0, 0.05) is 37.7 Å². The summed E-state index contributed by atoms with van der Waals surface area (Å²) in [6, 6.07) is 7.84. The van der Waals surface area contributed by atoms with E-state index in [0.717, 1.165) is 31.6 Å². The van der Waals surface area contributed by atoms with Gasteiger partial charge in [0.05, 0.1) is 0 Å². The number of likely N-dealkylation sites (tertiary alicyclic amines) is 1. The van der Waals surface area contributed by atoms with Crippen molar-refractivity contribution < 1.29 is 4.79 Å². The Morgan fingerprint density at radius 2 is 2.15 bits per heavy atom. The standard InChI is InChI=1S/C15H22ClN3O/c1-3-19-9-8-14(11-19)18(2)15(20)17-10-12-4-6-13(16)7-5-12/h4-7,14H,3,8-11H2,1-2H3,(H,17,20)/t14-/m1/s1. The first kappa shape index (κ1) is 15.1. The molecule has 1 aromatic rings. The van der Waals surface area contributed by atoms with Crippen LogP contribution in [0.15, 0.2) is 24.3 Å². The second kappa shape index (κ2) is 6.95. The highest BCUT2D eigenvalue weighted by Crippen LogP contribution is 2.14. The van der Waals surface area contributed by atoms with Crippen LogP contribution in [0.5, 0.6) is 0 Å². The van der Waals surface area contributed by atoms with Crippen LogP contribution in [0.4, 0.5) is 4.79 Å². The summed E-state index contributed by atoms with van der Waals surface area (Å²) in [4.78, 5) is 16.3. The number of nitrogens with one attached hydrogen (secondary N) is 1. The maximum atomic E-state index is 12.1. The molecule has 0 aromatic heterocycles. The lowest BCUT2D eigenvalue weighted by Gasteiger charge is -2.25. The Morgan fingerprint density at radius 1 is 1.45 bits per heavy atom. The molecule has 2 rings (SSSR count). The highest BCUT2D eigenvalue weighted by atomic mass is 35.5. The summed E-state index contributed by atoms with van der Waals surface area (Å²) < 4.78 is 0. The van der Waals surface area contributed by atoms with Crippen LogP contribution in [0.25, 0.3) is 0 Å². The molecule has 110 valence electrons. The van der Waals surface area contributed by atoms with Gasteiger partial charge in [-0.3, -0.25) is 0 Å². The van der Waals surface area contributed by atoms with E-state index in [0.29, 0.717) is 17.6 Å². The molecule has 1 aliphatic heterocycles. The van der Waals surface area contributed by atoms with Gasteiger partial charge in [-0.05, 0) is 30.7 Å². The first-order valence-corrected chi connectivity index (χ1v) is 7.45. The van der Waals surface area contributed by atoms with Crippen LogP contribution in [0.1, 0.15) is 18.9 Å². The van der Waals surface area contributed by atoms with Crippen LogP contribution in [-0.2, 0) is 6.54 Å². The zero-order valence-electron chi connectivity index (χ0n) is 12.1. The van der Waals surface area contributed by atoms with Crippen LogP contribution in [0.3, 0.4) is 0 Å². The van der Waals surface area contributed by atoms with E-state index in [2.05, 4.69) is 17.1 Å². The summed E-state index contributed by atoms with van der Waals surface area (Å²) >= 11 is 5.84. The van der Waals surface area contributed by atoms with E-state index >= 15 is 0 Å². The predicted molar refractivity (Wildman–Crippen MR) is 82.0 cm³/mol. The number of rotatable bonds is 4. The Hall–Kier alpha value is -1.26. The summed E-state index contributed by atoms with van der Waals surface area (Å²) in [6.07, 6.45) is 1.05. The Bertz CT molecular complexity index is 449. The molecule has 4 nitrogen and oxygen atoms in total. The van der Waals surface area contributed by atoms with Crippen molar-refractivity contribution in [2.24, 2.45) is 0 Å². The van der Waals surface area contributed by atoms with Crippen LogP contribution < -0.4 is 5.32 Å². The number of halogens is 1. The Balaban J connectivity index is 1.81. The van der Waals surface area contributed by atoms with Crippen LogP contribution >= 0.6 is 11.6 Å². The first-order chi connectivity index (χ1) is 9.60. The third-order valence-corrected chi connectivity index (χ3v) is 4.17. The van der Waals surface area contributed by atoms with Crippen LogP contribution in [-0.4, -0.2) is 48.6 Å². The molecule has 0 spiro atoms. The molecule has 1 N–H and O–H groups in total. The fraction of sp³-hybridized carbons (Fsp3) is 0.533. The minimum Gasteiger partial charge on any atom is -0.334 e. The van der Waals surface area contributed by atoms with E-state index in [1.165, 1.54) is 0 Å². The largest absolute Gasteiger partial charge is 0.334 e. The molecule has 0 saturated carbocycles. The van der Waals surface area contributed by atoms with Gasteiger partial charge in [-0.1, -0.05) is 30.7 Å². The van der Waals surface area contributed by atoms with Gasteiger partial charge in [-0.2, -0.15) is 0 Å². The van der Waals surface area contributed by atoms with Crippen molar-refractivity contribution in [2.75, 3.05) is 26.7 Å². The van der Waals surface area contributed by atoms with Crippen molar-refractivity contribution in [3.63, 3.8) is 0 Å². The van der Waals surface area contributed by atoms with Crippen molar-refractivity contribution in [1.29, 1.82) is 0 Å². The van der Waals surface area contributed by atoms with E-state index in [-0.39, 0.29) is 6.03 Å². The maximum absolute atomic E-state index is 12.1. The molecule has 1 aliphatic rings. The molecule has 1 heterocycles. The van der Waals surface area contributed by atoms with Crippen LogP contribution in [0, 0.1) is 0 Å². The van der Waals surface area contributed by atoms with E-state index in [9.17, 15) is 4.79 Å². The van der Waals surface area contributed by atoms with Gasteiger partial charge in [-0.25, -0.2) is 4.79 Å². The van der Waals surface area contributed by atoms with Gasteiger partial charge in [0.1, 0.15) is 0 Å². The molecule has 0 radical (unpaired) electrons. The number of nitrogens with zero attached hydrogens (tertiary/aromatic N) is 2. The molecule has 1 aromatic carbocycles. The first-order valence-electron chi connectivity index (χ1n) is 7.07. The fourth-order valence-corrected chi connectivity index (χ4v) is 2.61. The lowest BCUT2D eigenvalue weighted by Crippen LogP contribution is -2.44. The average Bonchev–Trinajstić information content (AvgIpc) is 2.94. The number of carbonyl (C=O) groups excluding carboxylic acids is 1. The van der Waals surface area contributed by atoms with Crippen molar-refractivity contribution in [1.82, 2.24) is 15.1 Å². The minimum absolute atomic E-state index is 0.0112. The molecule has 2 amide bonds. The third kappa shape index (κ3) is 3.87. The van der Waals surface area contributed by atoms with Gasteiger partial charge < -0.3 is 15.1 Å². The molecule has 1 fully saturated rings. The number of hydrogen-bond acceptors (Lipinski definition) is 2. The molecule has 0 aliphatic carbocycles. The fourth-order valence-electron chi connectivity index (χ4n) is 2.49. The Kier molecular flexibility index (Phi) is 5.26. The van der Waals surface area contributed by atoms with Gasteiger partial charge in [0.2, 0.25) is 0 Å². The molecule has 1 atom stereocenters. The third-order valence-electron chi connectivity index (χ3n) is 3.92. The number of benzene rings is 1. The smallest absolute Gasteiger partial charge is 0.317 e. The average molecular weight is 296 g/mol. The molecule has 5 heteroatoms. The zero-order valence-corrected chi connectivity index (χ0v) is 12.9. The van der Waals surface area contributed by atoms with Gasteiger partial charge >= 0.3 is 6.03 Å².